The minimum Gasteiger partial charge on any atom is -0.493 e. The second-order valence-electron chi connectivity index (χ2n) is 7.35. The molecule has 2 amide bonds. The summed E-state index contributed by atoms with van der Waals surface area (Å²) < 4.78 is 10.7. The molecule has 1 aliphatic rings. The van der Waals surface area contributed by atoms with Crippen molar-refractivity contribution >= 4 is 17.5 Å². The average molecular weight is 412 g/mol. The highest BCUT2D eigenvalue weighted by molar-refractivity contribution is 5.99. The molecule has 0 atom stereocenters. The normalized spacial score (nSPS) is 15.4. The molecule has 1 fully saturated rings. The van der Waals surface area contributed by atoms with Crippen LogP contribution in [0.2, 0.25) is 0 Å². The number of benzene rings is 2. The Kier molecular flexibility index (Phi) is 6.62. The summed E-state index contributed by atoms with van der Waals surface area (Å²) in [5, 5.41) is 13.8. The van der Waals surface area contributed by atoms with E-state index in [4.69, 9.17) is 9.47 Å². The number of nitrogens with zero attached hydrogens (tertiary/aromatic N) is 1. The third-order valence-corrected chi connectivity index (χ3v) is 5.51. The molecule has 0 aliphatic carbocycles. The molecule has 30 heavy (non-hydrogen) atoms. The second-order valence-corrected chi connectivity index (χ2v) is 7.35. The van der Waals surface area contributed by atoms with E-state index in [1.807, 2.05) is 30.3 Å². The average Bonchev–Trinajstić information content (AvgIpc) is 2.79. The summed E-state index contributed by atoms with van der Waals surface area (Å²) in [7, 11) is 2.97. The van der Waals surface area contributed by atoms with Crippen LogP contribution in [-0.4, -0.2) is 49.1 Å². The molecule has 2 aromatic carbocycles. The Bertz CT molecular complexity index is 905. The van der Waals surface area contributed by atoms with Gasteiger partial charge in [-0.3, -0.25) is 9.59 Å². The summed E-state index contributed by atoms with van der Waals surface area (Å²) in [6.45, 7) is 2.60. The molecule has 0 spiro atoms. The maximum atomic E-state index is 13.2. The zero-order valence-electron chi connectivity index (χ0n) is 17.6. The molecule has 7 nitrogen and oxygen atoms in total. The Balaban J connectivity index is 1.81. The number of nitrogens with one attached hydrogen (secondary N) is 1. The van der Waals surface area contributed by atoms with Crippen molar-refractivity contribution in [2.24, 2.45) is 0 Å². The monoisotopic (exact) mass is 412 g/mol. The van der Waals surface area contributed by atoms with Crippen molar-refractivity contribution < 1.29 is 24.2 Å². The van der Waals surface area contributed by atoms with Crippen LogP contribution in [0.4, 0.5) is 5.69 Å². The van der Waals surface area contributed by atoms with E-state index in [1.54, 1.807) is 24.0 Å². The van der Waals surface area contributed by atoms with Crippen LogP contribution in [0.25, 0.3) is 0 Å². The van der Waals surface area contributed by atoms with Gasteiger partial charge in [-0.25, -0.2) is 0 Å². The van der Waals surface area contributed by atoms with Crippen LogP contribution in [0.1, 0.15) is 42.1 Å². The number of methoxy groups -OCH3 is 2. The third kappa shape index (κ3) is 4.41. The van der Waals surface area contributed by atoms with Gasteiger partial charge in [-0.15, -0.1) is 0 Å². The van der Waals surface area contributed by atoms with Gasteiger partial charge in [-0.05, 0) is 30.5 Å². The van der Waals surface area contributed by atoms with Gasteiger partial charge >= 0.3 is 0 Å². The standard InChI is InChI=1S/C23H28N2O5/c1-4-20(26)24-18-14-16(15-19(29-2)21(18)30-3)22(27)25-12-10-23(28,11-13-25)17-8-6-5-7-9-17/h5-9,14-15,28H,4,10-13H2,1-3H3,(H,24,26). The molecule has 7 heteroatoms. The van der Waals surface area contributed by atoms with Crippen molar-refractivity contribution in [3.05, 3.63) is 53.6 Å². The predicted octanol–water partition coefficient (Wildman–Crippen LogP) is 3.18. The van der Waals surface area contributed by atoms with Crippen molar-refractivity contribution in [3.8, 4) is 11.5 Å². The molecule has 0 unspecified atom stereocenters. The molecule has 1 aliphatic heterocycles. The van der Waals surface area contributed by atoms with Crippen molar-refractivity contribution in [3.63, 3.8) is 0 Å². The highest BCUT2D eigenvalue weighted by atomic mass is 16.5. The maximum absolute atomic E-state index is 13.2. The van der Waals surface area contributed by atoms with Crippen LogP contribution >= 0.6 is 0 Å². The van der Waals surface area contributed by atoms with E-state index in [-0.39, 0.29) is 11.8 Å². The van der Waals surface area contributed by atoms with Gasteiger partial charge in [0.2, 0.25) is 5.91 Å². The lowest BCUT2D eigenvalue weighted by atomic mass is 9.84. The van der Waals surface area contributed by atoms with Gasteiger partial charge in [-0.2, -0.15) is 0 Å². The Hall–Kier alpha value is -3.06. The summed E-state index contributed by atoms with van der Waals surface area (Å²) in [5.74, 6) is 0.365. The first-order valence-corrected chi connectivity index (χ1v) is 10.0. The van der Waals surface area contributed by atoms with Gasteiger partial charge in [0, 0.05) is 25.1 Å². The molecule has 0 bridgehead atoms. The zero-order chi connectivity index (χ0) is 21.7. The first-order valence-electron chi connectivity index (χ1n) is 10.0. The molecule has 2 N–H and O–H groups in total. The number of anilines is 1. The lowest BCUT2D eigenvalue weighted by Crippen LogP contribution is -2.45. The zero-order valence-corrected chi connectivity index (χ0v) is 17.6. The van der Waals surface area contributed by atoms with Crippen LogP contribution in [0.3, 0.4) is 0 Å². The summed E-state index contributed by atoms with van der Waals surface area (Å²) in [4.78, 5) is 26.8. The van der Waals surface area contributed by atoms with E-state index in [9.17, 15) is 14.7 Å². The molecule has 3 rings (SSSR count). The van der Waals surface area contributed by atoms with E-state index in [0.29, 0.717) is 55.1 Å². The van der Waals surface area contributed by atoms with Crippen LogP contribution in [0, 0.1) is 0 Å². The molecular weight excluding hydrogens is 384 g/mol. The minimum absolute atomic E-state index is 0.182. The Morgan fingerprint density at radius 3 is 2.33 bits per heavy atom. The third-order valence-electron chi connectivity index (χ3n) is 5.51. The van der Waals surface area contributed by atoms with E-state index < -0.39 is 5.60 Å². The number of aliphatic hydroxyl groups is 1. The molecule has 0 aromatic heterocycles. The summed E-state index contributed by atoms with van der Waals surface area (Å²) in [6.07, 6.45) is 1.21. The Morgan fingerprint density at radius 1 is 1.10 bits per heavy atom. The fourth-order valence-corrected chi connectivity index (χ4v) is 3.72. The van der Waals surface area contributed by atoms with Gasteiger partial charge < -0.3 is 24.8 Å². The van der Waals surface area contributed by atoms with Crippen molar-refractivity contribution in [2.45, 2.75) is 31.8 Å². The number of ether oxygens (including phenoxy) is 2. The van der Waals surface area contributed by atoms with E-state index in [1.165, 1.54) is 14.2 Å². The number of carbonyl (C=O) groups is 2. The van der Waals surface area contributed by atoms with Gasteiger partial charge in [0.05, 0.1) is 25.5 Å². The fraction of sp³-hybridized carbons (Fsp3) is 0.391. The van der Waals surface area contributed by atoms with Crippen LogP contribution in [0.15, 0.2) is 42.5 Å². The smallest absolute Gasteiger partial charge is 0.254 e. The fourth-order valence-electron chi connectivity index (χ4n) is 3.72. The number of amides is 2. The van der Waals surface area contributed by atoms with Crippen LogP contribution in [-0.2, 0) is 10.4 Å². The van der Waals surface area contributed by atoms with E-state index in [0.717, 1.165) is 5.56 Å². The molecule has 1 saturated heterocycles. The molecule has 0 saturated carbocycles. The van der Waals surface area contributed by atoms with Gasteiger partial charge in [0.25, 0.3) is 5.91 Å². The lowest BCUT2D eigenvalue weighted by Gasteiger charge is -2.38. The number of piperidine rings is 1. The minimum atomic E-state index is -0.935. The number of carbonyl (C=O) groups excluding carboxylic acids is 2. The number of hydrogen-bond acceptors (Lipinski definition) is 5. The van der Waals surface area contributed by atoms with E-state index >= 15 is 0 Å². The van der Waals surface area contributed by atoms with Crippen LogP contribution < -0.4 is 14.8 Å². The molecule has 0 radical (unpaired) electrons. The van der Waals surface area contributed by atoms with Crippen molar-refractivity contribution in [2.75, 3.05) is 32.6 Å². The maximum Gasteiger partial charge on any atom is 0.254 e. The molecule has 160 valence electrons. The number of likely N-dealkylation sites (tertiary alicyclic amines) is 1. The topological polar surface area (TPSA) is 88.1 Å². The first-order chi connectivity index (χ1) is 14.4. The first kappa shape index (κ1) is 21.6. The quantitative estimate of drug-likeness (QED) is 0.761. The SMILES string of the molecule is CCC(=O)Nc1cc(C(=O)N2CCC(O)(c3ccccc3)CC2)cc(OC)c1OC. The number of rotatable bonds is 6. The van der Waals surface area contributed by atoms with Gasteiger partial charge in [0.1, 0.15) is 0 Å². The number of hydrogen-bond donors (Lipinski definition) is 2. The largest absolute Gasteiger partial charge is 0.493 e. The van der Waals surface area contributed by atoms with Gasteiger partial charge in [-0.1, -0.05) is 37.3 Å². The Labute approximate surface area is 176 Å². The van der Waals surface area contributed by atoms with Crippen molar-refractivity contribution in [1.82, 2.24) is 4.90 Å². The summed E-state index contributed by atoms with van der Waals surface area (Å²) in [6, 6.07) is 12.8. The molecule has 2 aromatic rings. The highest BCUT2D eigenvalue weighted by Crippen LogP contribution is 2.38. The van der Waals surface area contributed by atoms with Crippen molar-refractivity contribution in [1.29, 1.82) is 0 Å². The van der Waals surface area contributed by atoms with E-state index in [2.05, 4.69) is 5.32 Å². The Morgan fingerprint density at radius 2 is 1.77 bits per heavy atom. The molecular formula is C23H28N2O5. The summed E-state index contributed by atoms with van der Waals surface area (Å²) >= 11 is 0. The lowest BCUT2D eigenvalue weighted by molar-refractivity contribution is -0.115. The van der Waals surface area contributed by atoms with Gasteiger partial charge in [0.15, 0.2) is 11.5 Å². The van der Waals surface area contributed by atoms with Crippen LogP contribution in [0.5, 0.6) is 11.5 Å². The molecule has 1 heterocycles. The second kappa shape index (κ2) is 9.17. The summed E-state index contributed by atoms with van der Waals surface area (Å²) in [5.41, 5.74) is 0.720. The predicted molar refractivity (Wildman–Crippen MR) is 114 cm³/mol. The highest BCUT2D eigenvalue weighted by Gasteiger charge is 2.35.